The van der Waals surface area contributed by atoms with E-state index in [4.69, 9.17) is 9.47 Å². The number of aliphatic hydroxyl groups is 1. The fourth-order valence-corrected chi connectivity index (χ4v) is 4.40. The van der Waals surface area contributed by atoms with Crippen molar-refractivity contribution in [1.82, 2.24) is 14.7 Å². The molecule has 7 nitrogen and oxygen atoms in total. The summed E-state index contributed by atoms with van der Waals surface area (Å²) in [5.74, 6) is 0.680. The molecule has 0 bridgehead atoms. The van der Waals surface area contributed by atoms with Crippen LogP contribution in [0, 0.1) is 0 Å². The van der Waals surface area contributed by atoms with E-state index in [1.807, 2.05) is 25.5 Å². The highest BCUT2D eigenvalue weighted by molar-refractivity contribution is 5.80. The molecule has 0 saturated carbocycles. The largest absolute Gasteiger partial charge is 0.493 e. The molecule has 4 rings (SSSR count). The van der Waals surface area contributed by atoms with Crippen LogP contribution in [-0.4, -0.2) is 58.1 Å². The van der Waals surface area contributed by atoms with Gasteiger partial charge < -0.3 is 19.5 Å². The first-order valence-corrected chi connectivity index (χ1v) is 10.3. The summed E-state index contributed by atoms with van der Waals surface area (Å²) in [4.78, 5) is 13.8. The van der Waals surface area contributed by atoms with Gasteiger partial charge in [-0.1, -0.05) is 6.07 Å². The zero-order valence-electron chi connectivity index (χ0n) is 17.1. The summed E-state index contributed by atoms with van der Waals surface area (Å²) >= 11 is 0. The molecule has 0 radical (unpaired) electrons. The first-order chi connectivity index (χ1) is 14.0. The van der Waals surface area contributed by atoms with Gasteiger partial charge >= 0.3 is 0 Å². The minimum absolute atomic E-state index is 0.201. The number of aryl methyl sites for hydroxylation is 1. The SMILES string of the molecule is C[C@@H](O)C(=O)N1CCC2(CC1)OCCc1cc(OCCc3cnn(C)c3)ccc12. The lowest BCUT2D eigenvalue weighted by Crippen LogP contribution is -2.50. The molecule has 2 aliphatic heterocycles. The molecule has 1 fully saturated rings. The number of aliphatic hydroxyl groups excluding tert-OH is 1. The van der Waals surface area contributed by atoms with Crippen LogP contribution in [-0.2, 0) is 35.0 Å². The molecule has 29 heavy (non-hydrogen) atoms. The number of carbonyl (C=O) groups excluding carboxylic acids is 1. The van der Waals surface area contributed by atoms with Crippen molar-refractivity contribution in [2.45, 2.75) is 44.3 Å². The van der Waals surface area contributed by atoms with Gasteiger partial charge in [0.2, 0.25) is 0 Å². The number of piperidine rings is 1. The van der Waals surface area contributed by atoms with E-state index in [1.165, 1.54) is 18.1 Å². The van der Waals surface area contributed by atoms with E-state index >= 15 is 0 Å². The zero-order valence-corrected chi connectivity index (χ0v) is 17.1. The Labute approximate surface area is 171 Å². The highest BCUT2D eigenvalue weighted by atomic mass is 16.5. The van der Waals surface area contributed by atoms with E-state index in [1.54, 1.807) is 9.58 Å². The smallest absolute Gasteiger partial charge is 0.251 e. The van der Waals surface area contributed by atoms with Crippen LogP contribution in [0.15, 0.2) is 30.6 Å². The number of rotatable bonds is 5. The van der Waals surface area contributed by atoms with Crippen molar-refractivity contribution in [3.8, 4) is 5.75 Å². The lowest BCUT2D eigenvalue weighted by atomic mass is 9.79. The van der Waals surface area contributed by atoms with E-state index in [2.05, 4.69) is 17.2 Å². The average molecular weight is 399 g/mol. The highest BCUT2D eigenvalue weighted by Gasteiger charge is 2.42. The van der Waals surface area contributed by atoms with Crippen molar-refractivity contribution in [2.75, 3.05) is 26.3 Å². The molecule has 1 saturated heterocycles. The van der Waals surface area contributed by atoms with Gasteiger partial charge in [0.25, 0.3) is 5.91 Å². The summed E-state index contributed by atoms with van der Waals surface area (Å²) < 4.78 is 14.0. The van der Waals surface area contributed by atoms with Crippen LogP contribution in [0.5, 0.6) is 5.75 Å². The molecule has 0 unspecified atom stereocenters. The number of aromatic nitrogens is 2. The van der Waals surface area contributed by atoms with Crippen LogP contribution in [0.25, 0.3) is 0 Å². The molecule has 2 aromatic rings. The second kappa shape index (κ2) is 8.16. The Balaban J connectivity index is 1.41. The summed E-state index contributed by atoms with van der Waals surface area (Å²) in [6.07, 6.45) is 6.12. The van der Waals surface area contributed by atoms with E-state index in [0.29, 0.717) is 26.3 Å². The van der Waals surface area contributed by atoms with Crippen LogP contribution in [0.1, 0.15) is 36.5 Å². The van der Waals surface area contributed by atoms with Crippen molar-refractivity contribution in [2.24, 2.45) is 7.05 Å². The van der Waals surface area contributed by atoms with Gasteiger partial charge in [0, 0.05) is 32.8 Å². The van der Waals surface area contributed by atoms with Crippen molar-refractivity contribution in [1.29, 1.82) is 0 Å². The minimum atomic E-state index is -0.949. The Hall–Kier alpha value is -2.38. The molecule has 1 amide bonds. The zero-order chi connectivity index (χ0) is 20.4. The van der Waals surface area contributed by atoms with Crippen molar-refractivity contribution < 1.29 is 19.4 Å². The Morgan fingerprint density at radius 3 is 2.86 bits per heavy atom. The monoisotopic (exact) mass is 399 g/mol. The molecule has 1 aromatic carbocycles. The van der Waals surface area contributed by atoms with Crippen LogP contribution in [0.3, 0.4) is 0 Å². The molecule has 1 atom stereocenters. The van der Waals surface area contributed by atoms with Gasteiger partial charge in [-0.15, -0.1) is 0 Å². The van der Waals surface area contributed by atoms with Crippen molar-refractivity contribution >= 4 is 5.91 Å². The summed E-state index contributed by atoms with van der Waals surface area (Å²) in [7, 11) is 1.91. The second-order valence-electron chi connectivity index (χ2n) is 8.03. The van der Waals surface area contributed by atoms with Gasteiger partial charge in [0.15, 0.2) is 0 Å². The Morgan fingerprint density at radius 2 is 2.17 bits per heavy atom. The lowest BCUT2D eigenvalue weighted by molar-refractivity contribution is -0.148. The van der Waals surface area contributed by atoms with Gasteiger partial charge in [0.1, 0.15) is 11.9 Å². The number of hydrogen-bond acceptors (Lipinski definition) is 5. The first kappa shape index (κ1) is 19.9. The maximum Gasteiger partial charge on any atom is 0.251 e. The average Bonchev–Trinajstić information content (AvgIpc) is 3.13. The Morgan fingerprint density at radius 1 is 1.38 bits per heavy atom. The lowest BCUT2D eigenvalue weighted by Gasteiger charge is -2.45. The van der Waals surface area contributed by atoms with E-state index < -0.39 is 6.10 Å². The highest BCUT2D eigenvalue weighted by Crippen LogP contribution is 2.42. The molecule has 1 spiro atoms. The third-order valence-electron chi connectivity index (χ3n) is 5.98. The predicted octanol–water partition coefficient (Wildman–Crippen LogP) is 1.81. The van der Waals surface area contributed by atoms with Crippen LogP contribution in [0.2, 0.25) is 0 Å². The number of amides is 1. The normalized spacial score (nSPS) is 19.1. The van der Waals surface area contributed by atoms with E-state index in [9.17, 15) is 9.90 Å². The summed E-state index contributed by atoms with van der Waals surface area (Å²) in [6, 6.07) is 6.28. The third-order valence-corrected chi connectivity index (χ3v) is 5.98. The van der Waals surface area contributed by atoms with Crippen LogP contribution < -0.4 is 4.74 Å². The standard InChI is InChI=1S/C22H29N3O4/c1-16(26)21(27)25-9-7-22(8-10-25)20-4-3-19(13-18(20)6-12-29-22)28-11-5-17-14-23-24(2)15-17/h3-4,13-16,26H,5-12H2,1-2H3/t16-/m1/s1. The molecular weight excluding hydrogens is 370 g/mol. The number of benzene rings is 1. The van der Waals surface area contributed by atoms with Crippen molar-refractivity contribution in [3.63, 3.8) is 0 Å². The van der Waals surface area contributed by atoms with Crippen LogP contribution in [0.4, 0.5) is 0 Å². The minimum Gasteiger partial charge on any atom is -0.493 e. The number of fused-ring (bicyclic) bond motifs is 2. The van der Waals surface area contributed by atoms with E-state index in [-0.39, 0.29) is 11.5 Å². The fourth-order valence-electron chi connectivity index (χ4n) is 4.40. The molecular formula is C22H29N3O4. The first-order valence-electron chi connectivity index (χ1n) is 10.3. The van der Waals surface area contributed by atoms with Crippen molar-refractivity contribution in [3.05, 3.63) is 47.3 Å². The van der Waals surface area contributed by atoms with Crippen LogP contribution >= 0.6 is 0 Å². The predicted molar refractivity (Wildman–Crippen MR) is 108 cm³/mol. The molecule has 1 N–H and O–H groups in total. The molecule has 156 valence electrons. The van der Waals surface area contributed by atoms with Gasteiger partial charge in [-0.05, 0) is 55.0 Å². The molecule has 3 heterocycles. The molecule has 7 heteroatoms. The Kier molecular flexibility index (Phi) is 5.61. The van der Waals surface area contributed by atoms with Gasteiger partial charge in [0.05, 0.1) is 25.0 Å². The maximum atomic E-state index is 12.1. The third kappa shape index (κ3) is 4.16. The number of nitrogens with zero attached hydrogens (tertiary/aromatic N) is 3. The molecule has 0 aliphatic carbocycles. The number of ether oxygens (including phenoxy) is 2. The number of carbonyl (C=O) groups is 1. The number of likely N-dealkylation sites (tertiary alicyclic amines) is 1. The topological polar surface area (TPSA) is 76.8 Å². The Bertz CT molecular complexity index is 869. The quantitative estimate of drug-likeness (QED) is 0.830. The summed E-state index contributed by atoms with van der Waals surface area (Å²) in [6.45, 7) is 4.02. The van der Waals surface area contributed by atoms with Gasteiger partial charge in [-0.3, -0.25) is 9.48 Å². The van der Waals surface area contributed by atoms with Gasteiger partial charge in [-0.2, -0.15) is 5.10 Å². The summed E-state index contributed by atoms with van der Waals surface area (Å²) in [5, 5.41) is 13.7. The summed E-state index contributed by atoms with van der Waals surface area (Å²) in [5.41, 5.74) is 3.31. The number of hydrogen-bond donors (Lipinski definition) is 1. The second-order valence-corrected chi connectivity index (χ2v) is 8.03. The van der Waals surface area contributed by atoms with Gasteiger partial charge in [-0.25, -0.2) is 0 Å². The maximum absolute atomic E-state index is 12.1. The molecule has 2 aliphatic rings. The van der Waals surface area contributed by atoms with E-state index in [0.717, 1.165) is 37.0 Å². The fraction of sp³-hybridized carbons (Fsp3) is 0.545. The molecule has 1 aromatic heterocycles.